The Morgan fingerprint density at radius 1 is 1.29 bits per heavy atom. The van der Waals surface area contributed by atoms with E-state index in [-0.39, 0.29) is 5.60 Å². The summed E-state index contributed by atoms with van der Waals surface area (Å²) in [5, 5.41) is 0. The Labute approximate surface area is 102 Å². The van der Waals surface area contributed by atoms with E-state index in [1.807, 2.05) is 18.2 Å². The first kappa shape index (κ1) is 12.1. The van der Waals surface area contributed by atoms with Gasteiger partial charge in [-0.05, 0) is 38.9 Å². The molecule has 0 N–H and O–H groups in total. The molecular weight excluding hydrogens is 214 g/mol. The minimum atomic E-state index is -0.147. The number of hydrogen-bond acceptors (Lipinski definition) is 3. The van der Waals surface area contributed by atoms with Crippen molar-refractivity contribution < 1.29 is 9.53 Å². The zero-order valence-electron chi connectivity index (χ0n) is 10.5. The van der Waals surface area contributed by atoms with Gasteiger partial charge in [0.2, 0.25) is 0 Å². The molecule has 1 aliphatic rings. The summed E-state index contributed by atoms with van der Waals surface area (Å²) in [5.41, 5.74) is 0.485. The average Bonchev–Trinajstić information content (AvgIpc) is 2.34. The first-order chi connectivity index (χ1) is 8.13. The topological polar surface area (TPSA) is 29.5 Å². The molecule has 2 rings (SSSR count). The fraction of sp³-hybridized carbons (Fsp3) is 0.500. The number of carbonyl (C=O) groups excluding carboxylic acids is 1. The molecule has 0 spiro atoms. The molecule has 0 unspecified atom stereocenters. The van der Waals surface area contributed by atoms with Gasteiger partial charge < -0.3 is 9.64 Å². The van der Waals surface area contributed by atoms with E-state index in [4.69, 9.17) is 4.74 Å². The van der Waals surface area contributed by atoms with Crippen LogP contribution in [-0.4, -0.2) is 36.9 Å². The molecule has 92 valence electrons. The fourth-order valence-corrected chi connectivity index (χ4v) is 2.13. The molecule has 3 nitrogen and oxygen atoms in total. The predicted octanol–water partition coefficient (Wildman–Crippen LogP) is 2.36. The smallest absolute Gasteiger partial charge is 0.153 e. The summed E-state index contributed by atoms with van der Waals surface area (Å²) in [6.45, 7) is 4.21. The molecule has 0 bridgehead atoms. The van der Waals surface area contributed by atoms with Gasteiger partial charge in [-0.2, -0.15) is 0 Å². The highest BCUT2D eigenvalue weighted by Gasteiger charge is 2.31. The zero-order chi connectivity index (χ0) is 12.3. The molecule has 1 heterocycles. The Hall–Kier alpha value is -1.35. The van der Waals surface area contributed by atoms with Gasteiger partial charge in [0.1, 0.15) is 11.4 Å². The zero-order valence-corrected chi connectivity index (χ0v) is 10.5. The number of benzene rings is 1. The molecule has 0 radical (unpaired) electrons. The van der Waals surface area contributed by atoms with E-state index < -0.39 is 0 Å². The summed E-state index contributed by atoms with van der Waals surface area (Å²) in [6.07, 6.45) is 2.85. The van der Waals surface area contributed by atoms with Crippen LogP contribution in [0.5, 0.6) is 5.75 Å². The van der Waals surface area contributed by atoms with Crippen molar-refractivity contribution >= 4 is 6.29 Å². The van der Waals surface area contributed by atoms with Crippen LogP contribution in [-0.2, 0) is 0 Å². The highest BCUT2D eigenvalue weighted by molar-refractivity contribution is 5.79. The second-order valence-corrected chi connectivity index (χ2v) is 5.01. The first-order valence-corrected chi connectivity index (χ1v) is 6.05. The maximum absolute atomic E-state index is 10.9. The summed E-state index contributed by atoms with van der Waals surface area (Å²) in [6, 6.07) is 7.42. The molecule has 1 fully saturated rings. The summed E-state index contributed by atoms with van der Waals surface area (Å²) in [7, 11) is 2.12. The summed E-state index contributed by atoms with van der Waals surface area (Å²) in [4.78, 5) is 13.2. The van der Waals surface area contributed by atoms with E-state index in [0.29, 0.717) is 11.3 Å². The minimum absolute atomic E-state index is 0.147. The number of aldehydes is 1. The third-order valence-electron chi connectivity index (χ3n) is 3.45. The highest BCUT2D eigenvalue weighted by atomic mass is 16.5. The van der Waals surface area contributed by atoms with Crippen molar-refractivity contribution in [2.45, 2.75) is 25.4 Å². The molecular formula is C14H19NO2. The van der Waals surface area contributed by atoms with Crippen LogP contribution in [0.4, 0.5) is 0 Å². The number of carbonyl (C=O) groups is 1. The summed E-state index contributed by atoms with van der Waals surface area (Å²) < 4.78 is 6.06. The van der Waals surface area contributed by atoms with Crippen molar-refractivity contribution in [2.24, 2.45) is 0 Å². The molecule has 1 aliphatic heterocycles. The van der Waals surface area contributed by atoms with Gasteiger partial charge in [-0.1, -0.05) is 12.1 Å². The normalized spacial score (nSPS) is 19.9. The lowest BCUT2D eigenvalue weighted by atomic mass is 9.93. The Kier molecular flexibility index (Phi) is 3.48. The van der Waals surface area contributed by atoms with Crippen molar-refractivity contribution in [3.8, 4) is 5.75 Å². The van der Waals surface area contributed by atoms with Gasteiger partial charge in [0.15, 0.2) is 6.29 Å². The molecule has 0 amide bonds. The fourth-order valence-electron chi connectivity index (χ4n) is 2.13. The van der Waals surface area contributed by atoms with Gasteiger partial charge in [-0.3, -0.25) is 4.79 Å². The van der Waals surface area contributed by atoms with Gasteiger partial charge >= 0.3 is 0 Å². The molecule has 0 aliphatic carbocycles. The second-order valence-electron chi connectivity index (χ2n) is 5.01. The first-order valence-electron chi connectivity index (χ1n) is 6.05. The van der Waals surface area contributed by atoms with Crippen LogP contribution >= 0.6 is 0 Å². The molecule has 1 aromatic rings. The van der Waals surface area contributed by atoms with Crippen LogP contribution in [0.2, 0.25) is 0 Å². The van der Waals surface area contributed by atoms with Crippen LogP contribution in [0.25, 0.3) is 0 Å². The Bertz CT molecular complexity index is 395. The standard InChI is InChI=1S/C14H19NO2/c1-14(7-9-15(2)10-8-14)17-13-6-4-3-5-12(13)11-16/h3-6,11H,7-10H2,1-2H3. The largest absolute Gasteiger partial charge is 0.487 e. The van der Waals surface area contributed by atoms with E-state index >= 15 is 0 Å². The third-order valence-corrected chi connectivity index (χ3v) is 3.45. The lowest BCUT2D eigenvalue weighted by Gasteiger charge is -2.38. The third kappa shape index (κ3) is 2.86. The van der Waals surface area contributed by atoms with Gasteiger partial charge in [-0.15, -0.1) is 0 Å². The lowest BCUT2D eigenvalue weighted by Crippen LogP contribution is -2.44. The number of piperidine rings is 1. The van der Waals surface area contributed by atoms with Crippen molar-refractivity contribution in [3.63, 3.8) is 0 Å². The Balaban J connectivity index is 2.12. The maximum Gasteiger partial charge on any atom is 0.153 e. The number of likely N-dealkylation sites (tertiary alicyclic amines) is 1. The van der Waals surface area contributed by atoms with E-state index in [9.17, 15) is 4.79 Å². The van der Waals surface area contributed by atoms with Gasteiger partial charge in [-0.25, -0.2) is 0 Å². The molecule has 0 saturated carbocycles. The molecule has 17 heavy (non-hydrogen) atoms. The monoisotopic (exact) mass is 233 g/mol. The molecule has 3 heteroatoms. The molecule has 1 saturated heterocycles. The molecule has 1 aromatic carbocycles. The minimum Gasteiger partial charge on any atom is -0.487 e. The predicted molar refractivity (Wildman–Crippen MR) is 67.6 cm³/mol. The number of ether oxygens (including phenoxy) is 1. The molecule has 0 atom stereocenters. The van der Waals surface area contributed by atoms with Crippen molar-refractivity contribution in [1.29, 1.82) is 0 Å². The number of hydrogen-bond donors (Lipinski definition) is 0. The maximum atomic E-state index is 10.9. The number of nitrogens with zero attached hydrogens (tertiary/aromatic N) is 1. The quantitative estimate of drug-likeness (QED) is 0.751. The summed E-state index contributed by atoms with van der Waals surface area (Å²) in [5.74, 6) is 0.703. The summed E-state index contributed by atoms with van der Waals surface area (Å²) >= 11 is 0. The van der Waals surface area contributed by atoms with Gasteiger partial charge in [0.25, 0.3) is 0 Å². The van der Waals surface area contributed by atoms with Gasteiger partial charge in [0.05, 0.1) is 5.56 Å². The number of para-hydroxylation sites is 1. The highest BCUT2D eigenvalue weighted by Crippen LogP contribution is 2.29. The Morgan fingerprint density at radius 2 is 1.94 bits per heavy atom. The average molecular weight is 233 g/mol. The van der Waals surface area contributed by atoms with E-state index in [1.165, 1.54) is 0 Å². The van der Waals surface area contributed by atoms with E-state index in [0.717, 1.165) is 32.2 Å². The lowest BCUT2D eigenvalue weighted by molar-refractivity contribution is 0.0236. The number of rotatable bonds is 3. The van der Waals surface area contributed by atoms with Crippen molar-refractivity contribution in [3.05, 3.63) is 29.8 Å². The Morgan fingerprint density at radius 3 is 2.59 bits per heavy atom. The SMILES string of the molecule is CN1CCC(C)(Oc2ccccc2C=O)CC1. The van der Waals surface area contributed by atoms with E-state index in [1.54, 1.807) is 6.07 Å². The van der Waals surface area contributed by atoms with Crippen LogP contribution in [0.15, 0.2) is 24.3 Å². The van der Waals surface area contributed by atoms with Crippen molar-refractivity contribution in [1.82, 2.24) is 4.90 Å². The van der Waals surface area contributed by atoms with Crippen LogP contribution in [0, 0.1) is 0 Å². The van der Waals surface area contributed by atoms with Crippen LogP contribution in [0.3, 0.4) is 0 Å². The van der Waals surface area contributed by atoms with Crippen LogP contribution < -0.4 is 4.74 Å². The van der Waals surface area contributed by atoms with Gasteiger partial charge in [0, 0.05) is 13.1 Å². The molecule has 0 aromatic heterocycles. The van der Waals surface area contributed by atoms with Crippen LogP contribution in [0.1, 0.15) is 30.1 Å². The second kappa shape index (κ2) is 4.88. The van der Waals surface area contributed by atoms with Crippen molar-refractivity contribution in [2.75, 3.05) is 20.1 Å². The van der Waals surface area contributed by atoms with E-state index in [2.05, 4.69) is 18.9 Å².